The molecule has 3 nitrogen and oxygen atoms in total. The van der Waals surface area contributed by atoms with Gasteiger partial charge in [0.15, 0.2) is 0 Å². The quantitative estimate of drug-likeness (QED) is 0.908. The van der Waals surface area contributed by atoms with Crippen LogP contribution in [0.5, 0.6) is 0 Å². The predicted octanol–water partition coefficient (Wildman–Crippen LogP) is 3.48. The van der Waals surface area contributed by atoms with E-state index >= 15 is 0 Å². The van der Waals surface area contributed by atoms with Gasteiger partial charge in [-0.2, -0.15) is 0 Å². The fourth-order valence-electron chi connectivity index (χ4n) is 2.29. The molecule has 0 aliphatic carbocycles. The van der Waals surface area contributed by atoms with Crippen molar-refractivity contribution in [2.75, 3.05) is 13.1 Å². The first-order valence-electron chi connectivity index (χ1n) is 7.00. The van der Waals surface area contributed by atoms with Crippen LogP contribution in [0.4, 0.5) is 0 Å². The van der Waals surface area contributed by atoms with Crippen LogP contribution < -0.4 is 5.73 Å². The van der Waals surface area contributed by atoms with E-state index in [0.29, 0.717) is 6.54 Å². The van der Waals surface area contributed by atoms with Gasteiger partial charge in [-0.3, -0.25) is 0 Å². The molecule has 2 aromatic rings. The highest BCUT2D eigenvalue weighted by Gasteiger charge is 2.19. The summed E-state index contributed by atoms with van der Waals surface area (Å²) in [5, 5.41) is 0. The molecule has 1 saturated heterocycles. The molecule has 1 atom stereocenters. The van der Waals surface area contributed by atoms with Crippen LogP contribution in [0, 0.1) is 0 Å². The Morgan fingerprint density at radius 2 is 2.05 bits per heavy atom. The molecular weight excluding hydrogens is 320 g/mol. The molecule has 0 saturated carbocycles. The second-order valence-corrected chi connectivity index (χ2v) is 8.92. The highest BCUT2D eigenvalue weighted by atomic mass is 32.2. The maximum absolute atomic E-state index is 12.5. The summed E-state index contributed by atoms with van der Waals surface area (Å²) >= 11 is 3.43. The normalized spacial score (nSPS) is 17.2. The van der Waals surface area contributed by atoms with Crippen molar-refractivity contribution in [3.8, 4) is 0 Å². The molecule has 1 aromatic carbocycles. The molecular formula is C15H18N2OS3. The van der Waals surface area contributed by atoms with E-state index in [0.717, 1.165) is 35.7 Å². The monoisotopic (exact) mass is 338 g/mol. The second kappa shape index (κ2) is 7.07. The number of hydrogen-bond donors (Lipinski definition) is 1. The minimum atomic E-state index is -1.02. The molecule has 0 amide bonds. The van der Waals surface area contributed by atoms with Gasteiger partial charge >= 0.3 is 0 Å². The zero-order valence-electron chi connectivity index (χ0n) is 11.7. The average Bonchev–Trinajstić information content (AvgIpc) is 3.18. The highest BCUT2D eigenvalue weighted by Crippen LogP contribution is 2.34. The molecule has 2 heterocycles. The van der Waals surface area contributed by atoms with Gasteiger partial charge in [-0.05, 0) is 43.2 Å². The number of benzene rings is 1. The summed E-state index contributed by atoms with van der Waals surface area (Å²) in [4.78, 5) is 3.22. The van der Waals surface area contributed by atoms with Gasteiger partial charge in [0.05, 0.1) is 9.10 Å². The van der Waals surface area contributed by atoms with E-state index in [4.69, 9.17) is 5.73 Å². The lowest BCUT2D eigenvalue weighted by Crippen LogP contribution is -2.21. The van der Waals surface area contributed by atoms with Gasteiger partial charge in [-0.25, -0.2) is 8.51 Å². The second-order valence-electron chi connectivity index (χ2n) is 4.89. The van der Waals surface area contributed by atoms with Crippen LogP contribution in [-0.2, 0) is 17.5 Å². The van der Waals surface area contributed by atoms with Gasteiger partial charge in [0.1, 0.15) is 11.0 Å². The third kappa shape index (κ3) is 3.76. The van der Waals surface area contributed by atoms with Crippen LogP contribution in [0.1, 0.15) is 17.7 Å². The number of hydrogen-bond acceptors (Lipinski definition) is 4. The summed E-state index contributed by atoms with van der Waals surface area (Å²) < 4.78 is 15.8. The Morgan fingerprint density at radius 1 is 1.24 bits per heavy atom. The molecule has 2 N–H and O–H groups in total. The number of rotatable bonds is 5. The molecule has 1 aliphatic heterocycles. The van der Waals surface area contributed by atoms with Crippen LogP contribution in [0.25, 0.3) is 0 Å². The molecule has 112 valence electrons. The minimum Gasteiger partial charge on any atom is -0.326 e. The Morgan fingerprint density at radius 3 is 2.76 bits per heavy atom. The molecule has 1 unspecified atom stereocenters. The lowest BCUT2D eigenvalue weighted by molar-refractivity contribution is 0.535. The predicted molar refractivity (Wildman–Crippen MR) is 90.0 cm³/mol. The highest BCUT2D eigenvalue weighted by molar-refractivity contribution is 8.01. The first-order chi connectivity index (χ1) is 10.3. The third-order valence-electron chi connectivity index (χ3n) is 3.36. The lowest BCUT2D eigenvalue weighted by atomic mass is 10.4. The van der Waals surface area contributed by atoms with Crippen LogP contribution in [0.3, 0.4) is 0 Å². The smallest absolute Gasteiger partial charge is 0.127 e. The number of nitrogens with zero attached hydrogens (tertiary/aromatic N) is 1. The minimum absolute atomic E-state index is 0.588. The van der Waals surface area contributed by atoms with Gasteiger partial charge < -0.3 is 5.73 Å². The SMILES string of the molecule is NCc1ccc(Sc2cccc(S(=O)N3CCCC3)c2)s1. The lowest BCUT2D eigenvalue weighted by Gasteiger charge is -2.14. The Hall–Kier alpha value is -0.660. The van der Waals surface area contributed by atoms with E-state index in [-0.39, 0.29) is 0 Å². The topological polar surface area (TPSA) is 46.3 Å². The van der Waals surface area contributed by atoms with Crippen molar-refractivity contribution in [1.82, 2.24) is 4.31 Å². The van der Waals surface area contributed by atoms with Gasteiger partial charge in [-0.1, -0.05) is 17.8 Å². The summed E-state index contributed by atoms with van der Waals surface area (Å²) in [7, 11) is -1.02. The largest absolute Gasteiger partial charge is 0.326 e. The van der Waals surface area contributed by atoms with Crippen LogP contribution in [-0.4, -0.2) is 21.6 Å². The van der Waals surface area contributed by atoms with Crippen molar-refractivity contribution in [2.45, 2.75) is 33.4 Å². The Balaban J connectivity index is 1.74. The average molecular weight is 339 g/mol. The van der Waals surface area contributed by atoms with Crippen molar-refractivity contribution in [3.63, 3.8) is 0 Å². The van der Waals surface area contributed by atoms with Crippen LogP contribution >= 0.6 is 23.1 Å². The van der Waals surface area contributed by atoms with E-state index in [1.165, 1.54) is 9.09 Å². The summed E-state index contributed by atoms with van der Waals surface area (Å²) in [6, 6.07) is 12.2. The van der Waals surface area contributed by atoms with Gasteiger partial charge in [0.2, 0.25) is 0 Å². The molecule has 3 rings (SSSR count). The Labute approximate surface area is 136 Å². The fraction of sp³-hybridized carbons (Fsp3) is 0.333. The van der Waals surface area contributed by atoms with Crippen LogP contribution in [0.2, 0.25) is 0 Å². The van der Waals surface area contributed by atoms with Gasteiger partial charge in [0.25, 0.3) is 0 Å². The first-order valence-corrected chi connectivity index (χ1v) is 9.74. The molecule has 6 heteroatoms. The Kier molecular flexibility index (Phi) is 5.13. The zero-order chi connectivity index (χ0) is 14.7. The summed E-state index contributed by atoms with van der Waals surface area (Å²) in [6.07, 6.45) is 2.30. The van der Waals surface area contributed by atoms with E-state index in [2.05, 4.69) is 22.5 Å². The summed E-state index contributed by atoms with van der Waals surface area (Å²) in [6.45, 7) is 2.47. The van der Waals surface area contributed by atoms with E-state index < -0.39 is 11.0 Å². The zero-order valence-corrected chi connectivity index (χ0v) is 14.1. The number of nitrogens with two attached hydrogens (primary N) is 1. The Bertz CT molecular complexity index is 635. The van der Waals surface area contributed by atoms with Crippen LogP contribution in [0.15, 0.2) is 50.4 Å². The maximum Gasteiger partial charge on any atom is 0.127 e. The number of thiophene rings is 1. The molecule has 1 fully saturated rings. The summed E-state index contributed by atoms with van der Waals surface area (Å²) in [5.74, 6) is 0. The fourth-order valence-corrected chi connectivity index (χ4v) is 5.76. The molecule has 21 heavy (non-hydrogen) atoms. The van der Waals surface area contributed by atoms with Crippen molar-refractivity contribution in [1.29, 1.82) is 0 Å². The molecule has 1 aliphatic rings. The first kappa shape index (κ1) is 15.2. The van der Waals surface area contributed by atoms with Crippen molar-refractivity contribution in [3.05, 3.63) is 41.3 Å². The standard InChI is InChI=1S/C15H18N2OS3/c16-11-13-6-7-15(20-13)19-12-4-3-5-14(10-12)21(18)17-8-1-2-9-17/h3-7,10H,1-2,8-9,11,16H2. The van der Waals surface area contributed by atoms with E-state index in [1.54, 1.807) is 23.1 Å². The molecule has 0 radical (unpaired) electrons. The molecule has 0 bridgehead atoms. The third-order valence-corrected chi connectivity index (χ3v) is 7.08. The maximum atomic E-state index is 12.5. The molecule has 0 spiro atoms. The van der Waals surface area contributed by atoms with Crippen molar-refractivity contribution >= 4 is 34.1 Å². The van der Waals surface area contributed by atoms with Gasteiger partial charge in [0, 0.05) is 29.4 Å². The van der Waals surface area contributed by atoms with E-state index in [9.17, 15) is 4.21 Å². The summed E-state index contributed by atoms with van der Waals surface area (Å²) in [5.41, 5.74) is 5.65. The van der Waals surface area contributed by atoms with Gasteiger partial charge in [-0.15, -0.1) is 11.3 Å². The molecule has 1 aromatic heterocycles. The van der Waals surface area contributed by atoms with Crippen molar-refractivity contribution < 1.29 is 4.21 Å². The van der Waals surface area contributed by atoms with E-state index in [1.807, 2.05) is 18.2 Å². The van der Waals surface area contributed by atoms with Crippen molar-refractivity contribution in [2.24, 2.45) is 5.73 Å².